The number of benzene rings is 1. The van der Waals surface area contributed by atoms with Crippen molar-refractivity contribution in [3.8, 4) is 0 Å². The van der Waals surface area contributed by atoms with Gasteiger partial charge in [0.2, 0.25) is 5.91 Å². The predicted octanol–water partition coefficient (Wildman–Crippen LogP) is 2.50. The van der Waals surface area contributed by atoms with Gasteiger partial charge < -0.3 is 20.1 Å². The normalized spacial score (nSPS) is 22.0. The Morgan fingerprint density at radius 3 is 2.71 bits per heavy atom. The lowest BCUT2D eigenvalue weighted by atomic mass is 9.93. The molecule has 1 amide bonds. The van der Waals surface area contributed by atoms with Crippen LogP contribution in [0.5, 0.6) is 0 Å². The van der Waals surface area contributed by atoms with Crippen LogP contribution in [-0.2, 0) is 20.8 Å². The van der Waals surface area contributed by atoms with Crippen molar-refractivity contribution in [2.24, 2.45) is 4.99 Å². The Morgan fingerprint density at radius 2 is 2.03 bits per heavy atom. The van der Waals surface area contributed by atoms with Gasteiger partial charge in [-0.2, -0.15) is 0 Å². The number of nitrogens with zero attached hydrogens (tertiary/aromatic N) is 1. The topological polar surface area (TPSA) is 84.0 Å². The summed E-state index contributed by atoms with van der Waals surface area (Å²) < 4.78 is 51.7. The van der Waals surface area contributed by atoms with Gasteiger partial charge in [-0.05, 0) is 19.3 Å². The molecule has 2 fully saturated rings. The fraction of sp³-hybridized carbons (Fsp3) is 0.524. The van der Waals surface area contributed by atoms with Gasteiger partial charge in [0.1, 0.15) is 12.0 Å². The van der Waals surface area contributed by atoms with Crippen LogP contribution in [0.2, 0.25) is 0 Å². The highest BCUT2D eigenvalue weighted by molar-refractivity contribution is 5.80. The number of aliphatic imine (C=N–C) groups is 1. The molecular weight excluding hydrogens is 413 g/mol. The van der Waals surface area contributed by atoms with E-state index in [4.69, 9.17) is 9.47 Å². The van der Waals surface area contributed by atoms with Gasteiger partial charge in [-0.15, -0.1) is 0 Å². The lowest BCUT2D eigenvalue weighted by Crippen LogP contribution is -2.43. The summed E-state index contributed by atoms with van der Waals surface area (Å²) in [4.78, 5) is 16.8. The second-order valence-electron chi connectivity index (χ2n) is 7.71. The Labute approximate surface area is 178 Å². The number of hydrogen-bond donors (Lipinski definition) is 3. The summed E-state index contributed by atoms with van der Waals surface area (Å²) in [5.74, 6) is -1.06. The molecule has 7 nitrogen and oxygen atoms in total. The van der Waals surface area contributed by atoms with Crippen molar-refractivity contribution in [2.75, 3.05) is 13.2 Å². The molecule has 1 aliphatic carbocycles. The first-order valence-electron chi connectivity index (χ1n) is 10.4. The molecule has 0 bridgehead atoms. The van der Waals surface area contributed by atoms with Gasteiger partial charge in [0.15, 0.2) is 6.29 Å². The third-order valence-corrected chi connectivity index (χ3v) is 5.62. The first-order chi connectivity index (χ1) is 15.0. The first-order valence-corrected chi connectivity index (χ1v) is 10.4. The highest BCUT2D eigenvalue weighted by Gasteiger charge is 2.33. The molecule has 3 aliphatic rings. The number of halogens is 3. The number of amides is 1. The van der Waals surface area contributed by atoms with Crippen LogP contribution in [0.15, 0.2) is 34.5 Å². The molecule has 0 radical (unpaired) electrons. The molecule has 0 aromatic heterocycles. The monoisotopic (exact) mass is 438 g/mol. The fourth-order valence-electron chi connectivity index (χ4n) is 3.75. The molecule has 1 saturated heterocycles. The second kappa shape index (κ2) is 9.80. The minimum atomic E-state index is -2.90. The third kappa shape index (κ3) is 5.08. The molecule has 1 aromatic rings. The summed E-state index contributed by atoms with van der Waals surface area (Å²) in [5.41, 5.74) is 0.648. The molecule has 1 saturated carbocycles. The maximum atomic E-state index is 14.4. The van der Waals surface area contributed by atoms with Crippen molar-refractivity contribution in [2.45, 2.75) is 57.2 Å². The SMILES string of the molecule is O=C(CC1=C(C2OCCO2)C(NCc2cccc(C(F)F)c2F)N=CN1)NC1CCC1. The van der Waals surface area contributed by atoms with Gasteiger partial charge in [-0.3, -0.25) is 15.1 Å². The Balaban J connectivity index is 1.50. The smallest absolute Gasteiger partial charge is 0.266 e. The highest BCUT2D eigenvalue weighted by Crippen LogP contribution is 2.27. The third-order valence-electron chi connectivity index (χ3n) is 5.62. The van der Waals surface area contributed by atoms with E-state index in [9.17, 15) is 18.0 Å². The summed E-state index contributed by atoms with van der Waals surface area (Å²) in [6.07, 6.45) is 0.361. The molecule has 1 aromatic carbocycles. The number of ether oxygens (including phenoxy) is 2. The summed E-state index contributed by atoms with van der Waals surface area (Å²) in [6, 6.07) is 4.12. The van der Waals surface area contributed by atoms with Crippen LogP contribution in [0.1, 0.15) is 43.2 Å². The van der Waals surface area contributed by atoms with E-state index in [1.54, 1.807) is 0 Å². The van der Waals surface area contributed by atoms with Gasteiger partial charge in [0.25, 0.3) is 6.43 Å². The van der Waals surface area contributed by atoms with E-state index < -0.39 is 30.3 Å². The van der Waals surface area contributed by atoms with Crippen molar-refractivity contribution in [1.82, 2.24) is 16.0 Å². The van der Waals surface area contributed by atoms with Crippen molar-refractivity contribution in [1.29, 1.82) is 0 Å². The van der Waals surface area contributed by atoms with Crippen molar-refractivity contribution in [3.63, 3.8) is 0 Å². The van der Waals surface area contributed by atoms with Gasteiger partial charge in [-0.25, -0.2) is 13.2 Å². The van der Waals surface area contributed by atoms with E-state index in [1.807, 2.05) is 0 Å². The molecule has 4 rings (SSSR count). The van der Waals surface area contributed by atoms with Crippen LogP contribution in [0.25, 0.3) is 0 Å². The van der Waals surface area contributed by atoms with E-state index in [0.29, 0.717) is 24.5 Å². The van der Waals surface area contributed by atoms with E-state index >= 15 is 0 Å². The number of rotatable bonds is 8. The van der Waals surface area contributed by atoms with Gasteiger partial charge >= 0.3 is 0 Å². The van der Waals surface area contributed by atoms with Crippen LogP contribution in [0.3, 0.4) is 0 Å². The molecule has 0 spiro atoms. The van der Waals surface area contributed by atoms with E-state index in [1.165, 1.54) is 18.5 Å². The van der Waals surface area contributed by atoms with Crippen LogP contribution in [0, 0.1) is 5.82 Å². The van der Waals surface area contributed by atoms with Crippen LogP contribution >= 0.6 is 0 Å². The number of alkyl halides is 2. The lowest BCUT2D eigenvalue weighted by Gasteiger charge is -2.30. The fourth-order valence-corrected chi connectivity index (χ4v) is 3.75. The second-order valence-corrected chi connectivity index (χ2v) is 7.71. The molecule has 10 heteroatoms. The Bertz CT molecular complexity index is 867. The molecule has 2 heterocycles. The molecule has 31 heavy (non-hydrogen) atoms. The summed E-state index contributed by atoms with van der Waals surface area (Å²) in [6.45, 7) is 0.764. The summed E-state index contributed by atoms with van der Waals surface area (Å²) in [7, 11) is 0. The molecule has 168 valence electrons. The minimum absolute atomic E-state index is 0.0355. The van der Waals surface area contributed by atoms with E-state index in [0.717, 1.165) is 25.3 Å². The van der Waals surface area contributed by atoms with Gasteiger partial charge in [0.05, 0.1) is 31.5 Å². The van der Waals surface area contributed by atoms with Gasteiger partial charge in [-0.1, -0.05) is 18.2 Å². The number of hydrogen-bond acceptors (Lipinski definition) is 6. The molecule has 2 aliphatic heterocycles. The highest BCUT2D eigenvalue weighted by atomic mass is 19.3. The Kier molecular flexibility index (Phi) is 6.89. The maximum Gasteiger partial charge on any atom is 0.266 e. The largest absolute Gasteiger partial charge is 0.353 e. The summed E-state index contributed by atoms with van der Waals surface area (Å²) >= 11 is 0. The average Bonchev–Trinajstić information content (AvgIpc) is 3.24. The quantitative estimate of drug-likeness (QED) is 0.581. The molecule has 1 atom stereocenters. The zero-order valence-corrected chi connectivity index (χ0v) is 16.9. The van der Waals surface area contributed by atoms with Crippen molar-refractivity contribution < 1.29 is 27.4 Å². The first kappa shape index (κ1) is 21.8. The Hall–Kier alpha value is -2.43. The van der Waals surface area contributed by atoms with Crippen molar-refractivity contribution in [3.05, 3.63) is 46.4 Å². The van der Waals surface area contributed by atoms with Crippen LogP contribution in [0.4, 0.5) is 13.2 Å². The van der Waals surface area contributed by atoms with Crippen molar-refractivity contribution >= 4 is 12.2 Å². The lowest BCUT2D eigenvalue weighted by molar-refractivity contribution is -0.121. The number of nitrogens with one attached hydrogen (secondary N) is 3. The Morgan fingerprint density at radius 1 is 1.26 bits per heavy atom. The molecule has 1 unspecified atom stereocenters. The summed E-state index contributed by atoms with van der Waals surface area (Å²) in [5, 5.41) is 9.06. The van der Waals surface area contributed by atoms with E-state index in [2.05, 4.69) is 20.9 Å². The number of carbonyl (C=O) groups excluding carboxylic acids is 1. The van der Waals surface area contributed by atoms with Crippen LogP contribution < -0.4 is 16.0 Å². The number of carbonyl (C=O) groups is 1. The predicted molar refractivity (Wildman–Crippen MR) is 107 cm³/mol. The van der Waals surface area contributed by atoms with Crippen LogP contribution in [-0.4, -0.2) is 44.0 Å². The zero-order chi connectivity index (χ0) is 21.8. The molecular formula is C21H25F3N4O3. The standard InChI is InChI=1S/C21H25F3N4O3/c22-18-12(3-1-6-14(18)19(23)24)10-25-20-17(21-30-7-8-31-21)15(26-11-27-20)9-16(29)28-13-4-2-5-13/h1,3,6,11,13,19-21,25H,2,4-5,7-10H2,(H,26,27)(H,28,29). The zero-order valence-electron chi connectivity index (χ0n) is 16.9. The average molecular weight is 438 g/mol. The van der Waals surface area contributed by atoms with E-state index in [-0.39, 0.29) is 30.5 Å². The maximum absolute atomic E-state index is 14.4. The minimum Gasteiger partial charge on any atom is -0.353 e. The molecule has 3 N–H and O–H groups in total. The van der Waals surface area contributed by atoms with Gasteiger partial charge in [0, 0.05) is 29.4 Å².